The van der Waals surface area contributed by atoms with Crippen molar-refractivity contribution < 1.29 is 14.3 Å². The molecule has 1 aromatic heterocycles. The first-order valence-corrected chi connectivity index (χ1v) is 10.7. The molecule has 1 N–H and O–H groups in total. The number of anilines is 1. The van der Waals surface area contributed by atoms with Crippen molar-refractivity contribution in [2.45, 2.75) is 10.6 Å². The number of hydrogen-bond donors (Lipinski definition) is 1. The molecule has 1 amide bonds. The molecule has 0 unspecified atom stereocenters. The second-order valence-electron chi connectivity index (χ2n) is 5.40. The molecule has 0 radical (unpaired) electrons. The average molecular weight is 463 g/mol. The number of benzene rings is 2. The fourth-order valence-corrected chi connectivity index (χ4v) is 4.03. The van der Waals surface area contributed by atoms with Crippen LogP contribution in [0.15, 0.2) is 68.8 Å². The van der Waals surface area contributed by atoms with E-state index in [9.17, 15) is 9.59 Å². The number of rotatable bonds is 7. The van der Waals surface area contributed by atoms with E-state index in [-0.39, 0.29) is 6.61 Å². The van der Waals surface area contributed by atoms with E-state index >= 15 is 0 Å². The third-order valence-electron chi connectivity index (χ3n) is 3.43. The first-order valence-electron chi connectivity index (χ1n) is 7.93. The SMILES string of the molecule is O=C(COC(=O)c1ccccc1SCc1cscn1)Nc1ccc(Br)cc1. The van der Waals surface area contributed by atoms with Crippen LogP contribution in [0, 0.1) is 0 Å². The van der Waals surface area contributed by atoms with E-state index < -0.39 is 11.9 Å². The summed E-state index contributed by atoms with van der Waals surface area (Å²) in [7, 11) is 0. The Bertz CT molecular complexity index is 915. The van der Waals surface area contributed by atoms with Crippen LogP contribution >= 0.6 is 39.0 Å². The standard InChI is InChI=1S/C19H15BrN2O3S2/c20-13-5-7-14(8-6-13)22-18(23)9-25-19(24)16-3-1-2-4-17(16)27-11-15-10-26-12-21-15/h1-8,10,12H,9,11H2,(H,22,23). The molecule has 0 bridgehead atoms. The molecule has 5 nitrogen and oxygen atoms in total. The average Bonchev–Trinajstić information content (AvgIpc) is 3.20. The first-order chi connectivity index (χ1) is 13.1. The van der Waals surface area contributed by atoms with Gasteiger partial charge in [-0.1, -0.05) is 28.1 Å². The molecular weight excluding hydrogens is 448 g/mol. The summed E-state index contributed by atoms with van der Waals surface area (Å²) in [5, 5.41) is 4.66. The number of carbonyl (C=O) groups is 2. The van der Waals surface area contributed by atoms with Crippen molar-refractivity contribution in [2.24, 2.45) is 0 Å². The Kier molecular flexibility index (Phi) is 7.03. The van der Waals surface area contributed by atoms with E-state index in [1.165, 1.54) is 23.1 Å². The van der Waals surface area contributed by atoms with Crippen molar-refractivity contribution in [3.63, 3.8) is 0 Å². The molecule has 0 saturated carbocycles. The number of aromatic nitrogens is 1. The number of hydrogen-bond acceptors (Lipinski definition) is 6. The molecule has 0 aliphatic heterocycles. The zero-order chi connectivity index (χ0) is 19.1. The maximum absolute atomic E-state index is 12.4. The highest BCUT2D eigenvalue weighted by atomic mass is 79.9. The lowest BCUT2D eigenvalue weighted by Gasteiger charge is -2.09. The predicted molar refractivity (Wildman–Crippen MR) is 111 cm³/mol. The molecule has 0 spiro atoms. The van der Waals surface area contributed by atoms with Gasteiger partial charge in [0.25, 0.3) is 5.91 Å². The van der Waals surface area contributed by atoms with Gasteiger partial charge in [0.2, 0.25) is 0 Å². The Balaban J connectivity index is 1.55. The normalized spacial score (nSPS) is 10.4. The van der Waals surface area contributed by atoms with E-state index in [1.807, 2.05) is 29.6 Å². The quantitative estimate of drug-likeness (QED) is 0.395. The number of thioether (sulfide) groups is 1. The summed E-state index contributed by atoms with van der Waals surface area (Å²) >= 11 is 6.38. The maximum atomic E-state index is 12.4. The number of nitrogens with one attached hydrogen (secondary N) is 1. The number of halogens is 1. The van der Waals surface area contributed by atoms with Crippen molar-refractivity contribution in [1.29, 1.82) is 0 Å². The minimum atomic E-state index is -0.526. The highest BCUT2D eigenvalue weighted by Crippen LogP contribution is 2.26. The van der Waals surface area contributed by atoms with Crippen LogP contribution in [0.25, 0.3) is 0 Å². The van der Waals surface area contributed by atoms with Crippen LogP contribution in [-0.4, -0.2) is 23.5 Å². The number of ether oxygens (including phenoxy) is 1. The zero-order valence-corrected chi connectivity index (χ0v) is 17.3. The van der Waals surface area contributed by atoms with Crippen molar-refractivity contribution in [1.82, 2.24) is 4.98 Å². The minimum absolute atomic E-state index is 0.347. The van der Waals surface area contributed by atoms with Crippen LogP contribution in [0.2, 0.25) is 0 Å². The van der Waals surface area contributed by atoms with E-state index in [0.717, 1.165) is 15.1 Å². The van der Waals surface area contributed by atoms with Crippen LogP contribution in [-0.2, 0) is 15.3 Å². The van der Waals surface area contributed by atoms with Gasteiger partial charge in [0, 0.05) is 26.2 Å². The van der Waals surface area contributed by atoms with Gasteiger partial charge in [-0.3, -0.25) is 4.79 Å². The fraction of sp³-hybridized carbons (Fsp3) is 0.105. The molecule has 3 aromatic rings. The molecule has 0 aliphatic carbocycles. The van der Waals surface area contributed by atoms with Crippen molar-refractivity contribution in [2.75, 3.05) is 11.9 Å². The maximum Gasteiger partial charge on any atom is 0.339 e. The highest BCUT2D eigenvalue weighted by molar-refractivity contribution is 9.10. The van der Waals surface area contributed by atoms with E-state index in [0.29, 0.717) is 17.0 Å². The first kappa shape index (κ1) is 19.6. The largest absolute Gasteiger partial charge is 0.452 e. The second-order valence-corrected chi connectivity index (χ2v) is 8.05. The van der Waals surface area contributed by atoms with Crippen LogP contribution in [0.3, 0.4) is 0 Å². The van der Waals surface area contributed by atoms with Crippen molar-refractivity contribution in [3.05, 3.63) is 75.2 Å². The second kappa shape index (κ2) is 9.68. The fourth-order valence-electron chi connectivity index (χ4n) is 2.16. The summed E-state index contributed by atoms with van der Waals surface area (Å²) in [6, 6.07) is 14.3. The number of amides is 1. The monoisotopic (exact) mass is 462 g/mol. The van der Waals surface area contributed by atoms with Gasteiger partial charge in [-0.2, -0.15) is 0 Å². The van der Waals surface area contributed by atoms with Gasteiger partial charge in [-0.25, -0.2) is 9.78 Å². The Morgan fingerprint density at radius 1 is 1.15 bits per heavy atom. The molecule has 27 heavy (non-hydrogen) atoms. The van der Waals surface area contributed by atoms with E-state index in [4.69, 9.17) is 4.74 Å². The van der Waals surface area contributed by atoms with Crippen LogP contribution < -0.4 is 5.32 Å². The van der Waals surface area contributed by atoms with Gasteiger partial charge in [-0.15, -0.1) is 23.1 Å². The smallest absolute Gasteiger partial charge is 0.339 e. The topological polar surface area (TPSA) is 68.3 Å². The molecule has 1 heterocycles. The Morgan fingerprint density at radius 2 is 1.93 bits per heavy atom. The molecular formula is C19H15BrN2O3S2. The summed E-state index contributed by atoms with van der Waals surface area (Å²) in [4.78, 5) is 29.4. The van der Waals surface area contributed by atoms with Crippen molar-refractivity contribution in [3.8, 4) is 0 Å². The summed E-state index contributed by atoms with van der Waals surface area (Å²) in [6.07, 6.45) is 0. The van der Waals surface area contributed by atoms with Crippen LogP contribution in [0.5, 0.6) is 0 Å². The number of nitrogens with zero attached hydrogens (tertiary/aromatic N) is 1. The van der Waals surface area contributed by atoms with Gasteiger partial charge in [0.05, 0.1) is 16.8 Å². The highest BCUT2D eigenvalue weighted by Gasteiger charge is 2.15. The van der Waals surface area contributed by atoms with Crippen LogP contribution in [0.4, 0.5) is 5.69 Å². The van der Waals surface area contributed by atoms with Gasteiger partial charge in [0.15, 0.2) is 6.61 Å². The lowest BCUT2D eigenvalue weighted by molar-refractivity contribution is -0.119. The number of thiazole rings is 1. The molecule has 0 fully saturated rings. The molecule has 8 heteroatoms. The molecule has 138 valence electrons. The zero-order valence-electron chi connectivity index (χ0n) is 14.1. The van der Waals surface area contributed by atoms with Gasteiger partial charge >= 0.3 is 5.97 Å². The lowest BCUT2D eigenvalue weighted by atomic mass is 10.2. The Hall–Kier alpha value is -2.16. The van der Waals surface area contributed by atoms with Gasteiger partial charge in [0.1, 0.15) is 0 Å². The Morgan fingerprint density at radius 3 is 2.67 bits per heavy atom. The molecule has 0 atom stereocenters. The number of carbonyl (C=O) groups excluding carboxylic acids is 2. The molecule has 0 saturated heterocycles. The molecule has 2 aromatic carbocycles. The summed E-state index contributed by atoms with van der Waals surface area (Å²) in [5.74, 6) is -0.252. The third-order valence-corrected chi connectivity index (χ3v) is 5.70. The van der Waals surface area contributed by atoms with Gasteiger partial charge in [-0.05, 0) is 36.4 Å². The summed E-state index contributed by atoms with van der Waals surface area (Å²) in [5.41, 5.74) is 3.81. The summed E-state index contributed by atoms with van der Waals surface area (Å²) in [6.45, 7) is -0.347. The Labute approximate surface area is 173 Å². The molecule has 3 rings (SSSR count). The minimum Gasteiger partial charge on any atom is -0.452 e. The predicted octanol–water partition coefficient (Wildman–Crippen LogP) is 4.99. The van der Waals surface area contributed by atoms with E-state index in [2.05, 4.69) is 26.2 Å². The van der Waals surface area contributed by atoms with Crippen molar-refractivity contribution >= 4 is 56.6 Å². The van der Waals surface area contributed by atoms with Gasteiger partial charge < -0.3 is 10.1 Å². The summed E-state index contributed by atoms with van der Waals surface area (Å²) < 4.78 is 6.09. The lowest BCUT2D eigenvalue weighted by Crippen LogP contribution is -2.21. The third kappa shape index (κ3) is 5.92. The number of esters is 1. The van der Waals surface area contributed by atoms with Crippen LogP contribution in [0.1, 0.15) is 16.1 Å². The molecule has 0 aliphatic rings. The van der Waals surface area contributed by atoms with E-state index in [1.54, 1.807) is 29.8 Å².